The van der Waals surface area contributed by atoms with Gasteiger partial charge >= 0.3 is 0 Å². The van der Waals surface area contributed by atoms with Gasteiger partial charge in [0.15, 0.2) is 8.68 Å². The van der Waals surface area contributed by atoms with Crippen molar-refractivity contribution in [3.05, 3.63) is 28.4 Å². The first-order valence-corrected chi connectivity index (χ1v) is 8.25. The van der Waals surface area contributed by atoms with E-state index in [4.69, 9.17) is 11.6 Å². The summed E-state index contributed by atoms with van der Waals surface area (Å²) in [6, 6.07) is 0. The van der Waals surface area contributed by atoms with Crippen LogP contribution in [0.25, 0.3) is 0 Å². The monoisotopic (exact) mass is 318 g/mol. The Kier molecular flexibility index (Phi) is 3.12. The average molecular weight is 319 g/mol. The van der Waals surface area contributed by atoms with Crippen LogP contribution in [0.15, 0.2) is 16.6 Å². The second-order valence-corrected chi connectivity index (χ2v) is 7.93. The highest BCUT2D eigenvalue weighted by atomic mass is 35.5. The molecular formula is C10H11ClN4O2S2. The Labute approximate surface area is 119 Å². The summed E-state index contributed by atoms with van der Waals surface area (Å²) in [4.78, 5) is 8.12. The SMILES string of the molecule is Cc1nc(Cl)sc1S(=O)(=O)N1CCn2ccnc2C1. The highest BCUT2D eigenvalue weighted by Crippen LogP contribution is 2.30. The van der Waals surface area contributed by atoms with E-state index in [9.17, 15) is 8.42 Å². The van der Waals surface area contributed by atoms with Crippen molar-refractivity contribution < 1.29 is 8.42 Å². The van der Waals surface area contributed by atoms with Gasteiger partial charge in [-0.05, 0) is 6.92 Å². The molecular weight excluding hydrogens is 308 g/mol. The Morgan fingerprint density at radius 3 is 2.89 bits per heavy atom. The molecule has 0 atom stereocenters. The fraction of sp³-hybridized carbons (Fsp3) is 0.400. The van der Waals surface area contributed by atoms with E-state index in [0.717, 1.165) is 17.2 Å². The molecule has 3 heterocycles. The number of rotatable bonds is 2. The van der Waals surface area contributed by atoms with E-state index >= 15 is 0 Å². The Morgan fingerprint density at radius 2 is 2.21 bits per heavy atom. The van der Waals surface area contributed by atoms with Crippen LogP contribution in [-0.4, -0.2) is 33.8 Å². The van der Waals surface area contributed by atoms with Crippen LogP contribution in [0.1, 0.15) is 11.5 Å². The number of aryl methyl sites for hydroxylation is 1. The van der Waals surface area contributed by atoms with Crippen LogP contribution in [0, 0.1) is 6.92 Å². The lowest BCUT2D eigenvalue weighted by molar-refractivity contribution is 0.336. The molecule has 3 rings (SSSR count). The number of thiazole rings is 1. The fourth-order valence-electron chi connectivity index (χ4n) is 2.06. The van der Waals surface area contributed by atoms with Crippen molar-refractivity contribution in [2.75, 3.05) is 6.54 Å². The average Bonchev–Trinajstić information content (AvgIpc) is 2.94. The molecule has 0 spiro atoms. The molecule has 0 amide bonds. The van der Waals surface area contributed by atoms with Crippen LogP contribution in [0.3, 0.4) is 0 Å². The number of nitrogens with zero attached hydrogens (tertiary/aromatic N) is 4. The quantitative estimate of drug-likeness (QED) is 0.841. The highest BCUT2D eigenvalue weighted by molar-refractivity contribution is 7.91. The van der Waals surface area contributed by atoms with Gasteiger partial charge in [-0.25, -0.2) is 18.4 Å². The zero-order valence-corrected chi connectivity index (χ0v) is 12.5. The third kappa shape index (κ3) is 2.18. The number of hydrogen-bond donors (Lipinski definition) is 0. The summed E-state index contributed by atoms with van der Waals surface area (Å²) in [5.41, 5.74) is 0.448. The van der Waals surface area contributed by atoms with E-state index in [1.54, 1.807) is 13.1 Å². The third-order valence-electron chi connectivity index (χ3n) is 3.01. The molecule has 0 saturated carbocycles. The molecule has 0 N–H and O–H groups in total. The summed E-state index contributed by atoms with van der Waals surface area (Å²) in [5, 5.41) is 0. The van der Waals surface area contributed by atoms with E-state index in [-0.39, 0.29) is 15.2 Å². The van der Waals surface area contributed by atoms with Gasteiger partial charge in [-0.1, -0.05) is 22.9 Å². The summed E-state index contributed by atoms with van der Waals surface area (Å²) in [6.45, 7) is 2.98. The minimum Gasteiger partial charge on any atom is -0.333 e. The van der Waals surface area contributed by atoms with Crippen molar-refractivity contribution in [1.29, 1.82) is 0 Å². The minimum absolute atomic E-state index is 0.220. The molecule has 0 radical (unpaired) electrons. The number of aromatic nitrogens is 3. The molecule has 19 heavy (non-hydrogen) atoms. The molecule has 102 valence electrons. The Morgan fingerprint density at radius 1 is 1.42 bits per heavy atom. The van der Waals surface area contributed by atoms with Crippen LogP contribution in [0.4, 0.5) is 0 Å². The molecule has 2 aromatic heterocycles. The van der Waals surface area contributed by atoms with Crippen molar-refractivity contribution in [1.82, 2.24) is 18.8 Å². The van der Waals surface area contributed by atoms with E-state index in [1.807, 2.05) is 10.8 Å². The summed E-state index contributed by atoms with van der Waals surface area (Å²) in [7, 11) is -3.54. The summed E-state index contributed by atoms with van der Waals surface area (Å²) in [6.07, 6.45) is 3.54. The molecule has 2 aromatic rings. The number of fused-ring (bicyclic) bond motifs is 1. The normalized spacial score (nSPS) is 16.5. The van der Waals surface area contributed by atoms with E-state index < -0.39 is 10.0 Å². The predicted molar refractivity (Wildman–Crippen MR) is 71.7 cm³/mol. The van der Waals surface area contributed by atoms with E-state index in [0.29, 0.717) is 18.8 Å². The highest BCUT2D eigenvalue weighted by Gasteiger charge is 2.32. The molecule has 0 unspecified atom stereocenters. The molecule has 0 bridgehead atoms. The first-order valence-electron chi connectivity index (χ1n) is 5.61. The van der Waals surface area contributed by atoms with Gasteiger partial charge in [0.25, 0.3) is 10.0 Å². The first-order chi connectivity index (χ1) is 8.98. The zero-order valence-electron chi connectivity index (χ0n) is 10.1. The largest absolute Gasteiger partial charge is 0.333 e. The summed E-state index contributed by atoms with van der Waals surface area (Å²) in [5.74, 6) is 0.753. The van der Waals surface area contributed by atoms with E-state index in [2.05, 4.69) is 9.97 Å². The number of imidazole rings is 1. The van der Waals surface area contributed by atoms with Crippen molar-refractivity contribution in [2.24, 2.45) is 0 Å². The van der Waals surface area contributed by atoms with Gasteiger partial charge < -0.3 is 4.57 Å². The molecule has 0 saturated heterocycles. The number of halogens is 1. The lowest BCUT2D eigenvalue weighted by Crippen LogP contribution is -2.38. The summed E-state index contributed by atoms with van der Waals surface area (Å²) < 4.78 is 29.0. The van der Waals surface area contributed by atoms with Crippen LogP contribution in [0.5, 0.6) is 0 Å². The molecule has 9 heteroatoms. The second-order valence-electron chi connectivity index (χ2n) is 4.22. The van der Waals surface area contributed by atoms with Gasteiger partial charge in [0.05, 0.1) is 12.2 Å². The van der Waals surface area contributed by atoms with Crippen LogP contribution >= 0.6 is 22.9 Å². The molecule has 0 aromatic carbocycles. The molecule has 0 fully saturated rings. The van der Waals surface area contributed by atoms with Crippen molar-refractivity contribution in [2.45, 2.75) is 24.2 Å². The van der Waals surface area contributed by atoms with Gasteiger partial charge in [-0.2, -0.15) is 4.31 Å². The van der Waals surface area contributed by atoms with Gasteiger partial charge in [0.1, 0.15) is 5.82 Å². The van der Waals surface area contributed by atoms with Gasteiger partial charge in [0.2, 0.25) is 0 Å². The zero-order chi connectivity index (χ0) is 13.6. The molecule has 6 nitrogen and oxygen atoms in total. The summed E-state index contributed by atoms with van der Waals surface area (Å²) >= 11 is 6.78. The predicted octanol–water partition coefficient (Wildman–Crippen LogP) is 1.51. The standard InChI is InChI=1S/C10H11ClN4O2S2/c1-7-9(18-10(11)13-7)19(16,17)15-5-4-14-3-2-12-8(14)6-15/h2-3H,4-6H2,1H3. The van der Waals surface area contributed by atoms with Gasteiger partial charge in [0, 0.05) is 25.5 Å². The first kappa shape index (κ1) is 13.0. The maximum atomic E-state index is 12.6. The van der Waals surface area contributed by atoms with Crippen LogP contribution in [0.2, 0.25) is 4.47 Å². The maximum Gasteiger partial charge on any atom is 0.254 e. The fourth-order valence-corrected chi connectivity index (χ4v) is 5.32. The molecule has 0 aliphatic carbocycles. The van der Waals surface area contributed by atoms with Gasteiger partial charge in [-0.3, -0.25) is 0 Å². The lowest BCUT2D eigenvalue weighted by atomic mass is 10.4. The maximum absolute atomic E-state index is 12.6. The Bertz CT molecular complexity index is 722. The van der Waals surface area contributed by atoms with Crippen LogP contribution < -0.4 is 0 Å². The number of hydrogen-bond acceptors (Lipinski definition) is 5. The van der Waals surface area contributed by atoms with Crippen molar-refractivity contribution >= 4 is 33.0 Å². The van der Waals surface area contributed by atoms with Crippen molar-refractivity contribution in [3.8, 4) is 0 Å². The second kappa shape index (κ2) is 4.55. The Hall–Kier alpha value is -0.960. The molecule has 1 aliphatic rings. The van der Waals surface area contributed by atoms with Gasteiger partial charge in [-0.15, -0.1) is 0 Å². The minimum atomic E-state index is -3.54. The van der Waals surface area contributed by atoms with E-state index in [1.165, 1.54) is 4.31 Å². The molecule has 1 aliphatic heterocycles. The smallest absolute Gasteiger partial charge is 0.254 e. The Balaban J connectivity index is 1.96. The lowest BCUT2D eigenvalue weighted by Gasteiger charge is -2.26. The van der Waals surface area contributed by atoms with Crippen LogP contribution in [-0.2, 0) is 23.1 Å². The third-order valence-corrected chi connectivity index (χ3v) is 6.71. The topological polar surface area (TPSA) is 68.1 Å². The number of sulfonamides is 1. The van der Waals surface area contributed by atoms with Crippen molar-refractivity contribution in [3.63, 3.8) is 0 Å².